The molecule has 0 aromatic heterocycles. The second kappa shape index (κ2) is 9.74. The first kappa shape index (κ1) is 10.5. The van der Waals surface area contributed by atoms with Gasteiger partial charge >= 0.3 is 28.7 Å². The van der Waals surface area contributed by atoms with E-state index in [1.807, 2.05) is 0 Å². The van der Waals surface area contributed by atoms with Crippen LogP contribution in [0.4, 0.5) is 0 Å². The van der Waals surface area contributed by atoms with Gasteiger partial charge in [0.15, 0.2) is 0 Å². The van der Waals surface area contributed by atoms with Crippen molar-refractivity contribution in [2.24, 2.45) is 0 Å². The number of aliphatic hydroxyl groups is 1. The number of rotatable bonds is 0. The zero-order valence-electron chi connectivity index (χ0n) is 2.66. The van der Waals surface area contributed by atoms with Crippen LogP contribution in [0.15, 0.2) is 0 Å². The van der Waals surface area contributed by atoms with Crippen molar-refractivity contribution in [3.63, 3.8) is 0 Å². The number of hydrogen-bond donors (Lipinski definition) is 1. The molecular formula is CH2Cl3OTi. The molecule has 37 valence electrons. The van der Waals surface area contributed by atoms with Crippen LogP contribution in [0.3, 0.4) is 0 Å². The molecule has 5 heteroatoms. The van der Waals surface area contributed by atoms with Crippen molar-refractivity contribution < 1.29 is 24.5 Å². The fourth-order valence-electron chi connectivity index (χ4n) is 0. The maximum atomic E-state index is 7.59. The zero-order valence-corrected chi connectivity index (χ0v) is 6.49. The summed E-state index contributed by atoms with van der Waals surface area (Å²) in [5.41, 5.74) is 0. The summed E-state index contributed by atoms with van der Waals surface area (Å²) >= 11 is 10.7. The molecule has 1 N–H and O–H groups in total. The van der Waals surface area contributed by atoms with Gasteiger partial charge in [-0.3, -0.25) is 0 Å². The molecule has 0 heterocycles. The first-order valence-electron chi connectivity index (χ1n) is 0.884. The summed E-state index contributed by atoms with van der Waals surface area (Å²) in [4.78, 5) is 0. The van der Waals surface area contributed by atoms with Crippen LogP contribution in [0.25, 0.3) is 0 Å². The zero-order chi connectivity index (χ0) is 5.58. The van der Waals surface area contributed by atoms with Gasteiger partial charge in [-0.2, -0.15) is 0 Å². The minimum atomic E-state index is -1.22. The first-order chi connectivity index (χ1) is 2.73. The molecule has 0 saturated carbocycles. The molecule has 0 radical (unpaired) electrons. The summed E-state index contributed by atoms with van der Waals surface area (Å²) in [7, 11) is 4.64. The Balaban J connectivity index is 0. The molecule has 0 aromatic rings. The van der Waals surface area contributed by atoms with Crippen LogP contribution in [-0.2, 0) is 19.4 Å². The van der Waals surface area contributed by atoms with Crippen LogP contribution in [0.5, 0.6) is 0 Å². The van der Waals surface area contributed by atoms with Crippen molar-refractivity contribution in [2.45, 2.75) is 5.02 Å². The van der Waals surface area contributed by atoms with Crippen LogP contribution in [0.1, 0.15) is 0 Å². The van der Waals surface area contributed by atoms with Gasteiger partial charge < -0.3 is 5.11 Å². The SMILES string of the molecule is OC(Cl)Cl.[Cl][Ti]. The second-order valence-electron chi connectivity index (χ2n) is 0.278. The van der Waals surface area contributed by atoms with Crippen molar-refractivity contribution in [1.29, 1.82) is 0 Å². The van der Waals surface area contributed by atoms with Gasteiger partial charge in [-0.15, -0.1) is 0 Å². The fourth-order valence-corrected chi connectivity index (χ4v) is 0. The predicted octanol–water partition coefficient (Wildman–Crippen LogP) is 1.43. The molecule has 0 aliphatic carbocycles. The molecule has 0 amide bonds. The first-order valence-corrected chi connectivity index (χ1v) is 3.91. The van der Waals surface area contributed by atoms with Crippen LogP contribution in [-0.4, -0.2) is 10.1 Å². The van der Waals surface area contributed by atoms with E-state index >= 15 is 0 Å². The normalized spacial score (nSPS) is 6.67. The van der Waals surface area contributed by atoms with Crippen molar-refractivity contribution in [3.05, 3.63) is 0 Å². The third-order valence-corrected chi connectivity index (χ3v) is 0. The number of halogens is 3. The molecule has 0 fully saturated rings. The quantitative estimate of drug-likeness (QED) is 0.446. The van der Waals surface area contributed by atoms with Crippen molar-refractivity contribution in [1.82, 2.24) is 0 Å². The van der Waals surface area contributed by atoms with Gasteiger partial charge in [0.05, 0.1) is 0 Å². The summed E-state index contributed by atoms with van der Waals surface area (Å²) in [5, 5.41) is 6.36. The summed E-state index contributed by atoms with van der Waals surface area (Å²) < 4.78 is 0. The Morgan fingerprint density at radius 1 is 1.33 bits per heavy atom. The fraction of sp³-hybridized carbons (Fsp3) is 1.00. The third-order valence-electron chi connectivity index (χ3n) is 0. The van der Waals surface area contributed by atoms with E-state index in [-0.39, 0.29) is 0 Å². The topological polar surface area (TPSA) is 20.2 Å². The van der Waals surface area contributed by atoms with Crippen LogP contribution < -0.4 is 0 Å². The molecule has 0 aliphatic heterocycles. The van der Waals surface area contributed by atoms with E-state index in [1.54, 1.807) is 0 Å². The average Bonchev–Trinajstić information content (AvgIpc) is 1.41. The van der Waals surface area contributed by atoms with Gasteiger partial charge in [-0.05, 0) is 0 Å². The van der Waals surface area contributed by atoms with E-state index in [0.29, 0.717) is 0 Å². The predicted molar refractivity (Wildman–Crippen MR) is 23.6 cm³/mol. The number of aliphatic hydroxyl groups excluding tert-OH is 1. The second-order valence-corrected chi connectivity index (χ2v) is 1.33. The van der Waals surface area contributed by atoms with Gasteiger partial charge in [0.25, 0.3) is 0 Å². The molecule has 0 aliphatic rings. The van der Waals surface area contributed by atoms with E-state index in [2.05, 4.69) is 32.5 Å². The molecule has 0 spiro atoms. The Kier molecular flexibility index (Phi) is 17.1. The Hall–Kier alpha value is 1.54. The summed E-state index contributed by atoms with van der Waals surface area (Å²) in [6.07, 6.45) is 0. The molecule has 0 bridgehead atoms. The average molecular weight is 184 g/mol. The van der Waals surface area contributed by atoms with E-state index in [4.69, 9.17) is 5.11 Å². The monoisotopic (exact) mass is 183 g/mol. The molecule has 0 atom stereocenters. The van der Waals surface area contributed by atoms with Gasteiger partial charge in [0.1, 0.15) is 0 Å². The van der Waals surface area contributed by atoms with E-state index < -0.39 is 5.02 Å². The van der Waals surface area contributed by atoms with Crippen molar-refractivity contribution in [2.75, 3.05) is 0 Å². The number of alkyl halides is 2. The van der Waals surface area contributed by atoms with Gasteiger partial charge in [-0.1, -0.05) is 23.2 Å². The van der Waals surface area contributed by atoms with Gasteiger partial charge in [0.2, 0.25) is 5.02 Å². The molecule has 0 rings (SSSR count). The Bertz CT molecular complexity index is 15.5. The molecule has 0 aromatic carbocycles. The molecule has 1 nitrogen and oxygen atoms in total. The van der Waals surface area contributed by atoms with Gasteiger partial charge in [-0.25, -0.2) is 0 Å². The van der Waals surface area contributed by atoms with E-state index in [1.165, 1.54) is 19.4 Å². The molecular weight excluding hydrogens is 182 g/mol. The number of hydrogen-bond acceptors (Lipinski definition) is 1. The standard InChI is InChI=1S/CH2Cl2O.ClH.Ti/c2-1(3)4;;/h1,4H;1H;/q;;+1/p-1. The summed E-state index contributed by atoms with van der Waals surface area (Å²) in [6, 6.07) is 0. The van der Waals surface area contributed by atoms with Crippen LogP contribution >= 0.6 is 32.5 Å². The third kappa shape index (κ3) is 48.0. The maximum absolute atomic E-state index is 7.59. The Labute approximate surface area is 61.9 Å². The van der Waals surface area contributed by atoms with Crippen LogP contribution in [0, 0.1) is 0 Å². The Morgan fingerprint density at radius 2 is 1.33 bits per heavy atom. The van der Waals surface area contributed by atoms with E-state index in [0.717, 1.165) is 0 Å². The summed E-state index contributed by atoms with van der Waals surface area (Å²) in [6.45, 7) is 0. The van der Waals surface area contributed by atoms with Crippen LogP contribution in [0.2, 0.25) is 0 Å². The summed E-state index contributed by atoms with van der Waals surface area (Å²) in [5.74, 6) is 0. The Morgan fingerprint density at radius 3 is 1.33 bits per heavy atom. The molecule has 6 heavy (non-hydrogen) atoms. The van der Waals surface area contributed by atoms with E-state index in [9.17, 15) is 0 Å². The molecule has 0 unspecified atom stereocenters. The van der Waals surface area contributed by atoms with Gasteiger partial charge in [0, 0.05) is 0 Å². The molecule has 0 saturated heterocycles. The van der Waals surface area contributed by atoms with Crippen molar-refractivity contribution in [3.8, 4) is 0 Å². The minimum absolute atomic E-state index is 1.22. The van der Waals surface area contributed by atoms with Crippen molar-refractivity contribution >= 4 is 32.5 Å².